The van der Waals surface area contributed by atoms with Gasteiger partial charge in [-0.25, -0.2) is 0 Å². The average Bonchev–Trinajstić information content (AvgIpc) is 2.28. The van der Waals surface area contributed by atoms with E-state index in [-0.39, 0.29) is 0 Å². The van der Waals surface area contributed by atoms with Crippen LogP contribution in [-0.4, -0.2) is 0 Å². The lowest BCUT2D eigenvalue weighted by Crippen LogP contribution is -2.11. The zero-order chi connectivity index (χ0) is 13.7. The Balaban J connectivity index is 2.79. The Bertz CT molecular complexity index is 353. The smallest absolute Gasteiger partial charge is 0.0250 e. The molecule has 0 N–H and O–H groups in total. The van der Waals surface area contributed by atoms with Crippen LogP contribution in [-0.2, 0) is 12.8 Å². The highest BCUT2D eigenvalue weighted by atomic mass is 14.2. The molecule has 2 atom stereocenters. The molecule has 2 unspecified atom stereocenters. The molecule has 1 aromatic carbocycles. The van der Waals surface area contributed by atoms with Gasteiger partial charge in [-0.15, -0.1) is 0 Å². The van der Waals surface area contributed by atoms with Crippen molar-refractivity contribution in [3.05, 3.63) is 34.4 Å². The molecule has 0 spiro atoms. The quantitative estimate of drug-likeness (QED) is 0.623. The Morgan fingerprint density at radius 2 is 1.50 bits per heavy atom. The average molecular weight is 246 g/mol. The van der Waals surface area contributed by atoms with Crippen LogP contribution in [0.25, 0.3) is 0 Å². The van der Waals surface area contributed by atoms with Crippen LogP contribution >= 0.6 is 0 Å². The van der Waals surface area contributed by atoms with Gasteiger partial charge in [-0.2, -0.15) is 0 Å². The highest BCUT2D eigenvalue weighted by Crippen LogP contribution is 2.24. The van der Waals surface area contributed by atoms with E-state index in [1.807, 2.05) is 0 Å². The van der Waals surface area contributed by atoms with Gasteiger partial charge in [-0.3, -0.25) is 0 Å². The molecule has 1 aromatic rings. The standard InChI is InChI=1S/C18H30/c1-7-9-13(3)14(4)10-17-11-15(5)18(8-2)16(6)12-17/h11-14H,7-10H2,1-6H3. The predicted octanol–water partition coefficient (Wildman–Crippen LogP) is 5.48. The third-order valence-electron chi connectivity index (χ3n) is 4.38. The molecular weight excluding hydrogens is 216 g/mol. The zero-order valence-electron chi connectivity index (χ0n) is 13.1. The van der Waals surface area contributed by atoms with Crippen LogP contribution < -0.4 is 0 Å². The summed E-state index contributed by atoms with van der Waals surface area (Å²) in [4.78, 5) is 0. The molecule has 1 rings (SSSR count). The highest BCUT2D eigenvalue weighted by Gasteiger charge is 2.13. The molecule has 0 aliphatic carbocycles. The first-order valence-corrected chi connectivity index (χ1v) is 7.58. The Morgan fingerprint density at radius 3 is 1.94 bits per heavy atom. The lowest BCUT2D eigenvalue weighted by Gasteiger charge is -2.20. The Hall–Kier alpha value is -0.780. The second-order valence-electron chi connectivity index (χ2n) is 6.01. The third-order valence-corrected chi connectivity index (χ3v) is 4.38. The second-order valence-corrected chi connectivity index (χ2v) is 6.01. The van der Waals surface area contributed by atoms with Crippen LogP contribution in [0.1, 0.15) is 62.8 Å². The molecule has 18 heavy (non-hydrogen) atoms. The maximum absolute atomic E-state index is 2.40. The van der Waals surface area contributed by atoms with Crippen LogP contribution in [0, 0.1) is 25.7 Å². The van der Waals surface area contributed by atoms with Crippen LogP contribution in [0.3, 0.4) is 0 Å². The fourth-order valence-corrected chi connectivity index (χ4v) is 3.07. The summed E-state index contributed by atoms with van der Waals surface area (Å²) >= 11 is 0. The van der Waals surface area contributed by atoms with Crippen molar-refractivity contribution in [3.8, 4) is 0 Å². The summed E-state index contributed by atoms with van der Waals surface area (Å²) in [7, 11) is 0. The summed E-state index contributed by atoms with van der Waals surface area (Å²) in [6, 6.07) is 4.81. The molecule has 0 aromatic heterocycles. The monoisotopic (exact) mass is 246 g/mol. The van der Waals surface area contributed by atoms with Crippen molar-refractivity contribution in [1.29, 1.82) is 0 Å². The van der Waals surface area contributed by atoms with Gasteiger partial charge in [0.25, 0.3) is 0 Å². The zero-order valence-corrected chi connectivity index (χ0v) is 13.1. The van der Waals surface area contributed by atoms with Gasteiger partial charge in [-0.05, 0) is 60.8 Å². The van der Waals surface area contributed by atoms with Gasteiger partial charge in [0, 0.05) is 0 Å². The van der Waals surface area contributed by atoms with Gasteiger partial charge >= 0.3 is 0 Å². The van der Waals surface area contributed by atoms with E-state index in [1.165, 1.54) is 41.5 Å². The molecule has 0 heteroatoms. The van der Waals surface area contributed by atoms with Gasteiger partial charge in [0.2, 0.25) is 0 Å². The van der Waals surface area contributed by atoms with Crippen LogP contribution in [0.4, 0.5) is 0 Å². The fraction of sp³-hybridized carbons (Fsp3) is 0.667. The largest absolute Gasteiger partial charge is 0.0654 e. The van der Waals surface area contributed by atoms with E-state index in [0.717, 1.165) is 18.3 Å². The van der Waals surface area contributed by atoms with Gasteiger partial charge in [0.1, 0.15) is 0 Å². The minimum Gasteiger partial charge on any atom is -0.0654 e. The van der Waals surface area contributed by atoms with E-state index in [0.29, 0.717) is 0 Å². The summed E-state index contributed by atoms with van der Waals surface area (Å²) in [5, 5.41) is 0. The first kappa shape index (κ1) is 15.3. The first-order valence-electron chi connectivity index (χ1n) is 7.58. The van der Waals surface area contributed by atoms with E-state index in [9.17, 15) is 0 Å². The molecule has 102 valence electrons. The lowest BCUT2D eigenvalue weighted by atomic mass is 9.85. The number of aryl methyl sites for hydroxylation is 2. The molecule has 0 heterocycles. The van der Waals surface area contributed by atoms with E-state index >= 15 is 0 Å². The molecule has 0 saturated carbocycles. The third kappa shape index (κ3) is 3.86. The number of benzene rings is 1. The number of rotatable bonds is 6. The molecule has 0 amide bonds. The van der Waals surface area contributed by atoms with Crippen molar-refractivity contribution in [3.63, 3.8) is 0 Å². The van der Waals surface area contributed by atoms with Crippen molar-refractivity contribution in [2.24, 2.45) is 11.8 Å². The maximum atomic E-state index is 2.40. The maximum Gasteiger partial charge on any atom is -0.0250 e. The topological polar surface area (TPSA) is 0 Å². The normalized spacial score (nSPS) is 14.6. The number of hydrogen-bond donors (Lipinski definition) is 0. The summed E-state index contributed by atoms with van der Waals surface area (Å²) < 4.78 is 0. The molecule has 0 fully saturated rings. The molecule has 0 saturated heterocycles. The van der Waals surface area contributed by atoms with Crippen LogP contribution in [0.15, 0.2) is 12.1 Å². The Labute approximate surface area is 114 Å². The fourth-order valence-electron chi connectivity index (χ4n) is 3.07. The minimum atomic E-state index is 0.788. The van der Waals surface area contributed by atoms with Crippen molar-refractivity contribution >= 4 is 0 Å². The summed E-state index contributed by atoms with van der Waals surface area (Å²) in [5.41, 5.74) is 6.01. The minimum absolute atomic E-state index is 0.788. The summed E-state index contributed by atoms with van der Waals surface area (Å²) in [6.45, 7) is 13.9. The number of hydrogen-bond acceptors (Lipinski definition) is 0. The van der Waals surface area contributed by atoms with E-state index < -0.39 is 0 Å². The Morgan fingerprint density at radius 1 is 0.944 bits per heavy atom. The van der Waals surface area contributed by atoms with Crippen LogP contribution in [0.5, 0.6) is 0 Å². The second kappa shape index (κ2) is 6.97. The molecule has 0 aliphatic rings. The van der Waals surface area contributed by atoms with Gasteiger partial charge in [0.15, 0.2) is 0 Å². The first-order chi connectivity index (χ1) is 8.49. The van der Waals surface area contributed by atoms with E-state index in [4.69, 9.17) is 0 Å². The van der Waals surface area contributed by atoms with Gasteiger partial charge < -0.3 is 0 Å². The van der Waals surface area contributed by atoms with E-state index in [2.05, 4.69) is 53.7 Å². The molecule has 0 radical (unpaired) electrons. The van der Waals surface area contributed by atoms with E-state index in [1.54, 1.807) is 0 Å². The molecular formula is C18H30. The molecule has 0 aliphatic heterocycles. The SMILES string of the molecule is CCCC(C)C(C)Cc1cc(C)c(CC)c(C)c1. The van der Waals surface area contributed by atoms with Crippen molar-refractivity contribution in [1.82, 2.24) is 0 Å². The van der Waals surface area contributed by atoms with Crippen LogP contribution in [0.2, 0.25) is 0 Å². The predicted molar refractivity (Wildman–Crippen MR) is 82.2 cm³/mol. The summed E-state index contributed by atoms with van der Waals surface area (Å²) in [6.07, 6.45) is 5.04. The van der Waals surface area contributed by atoms with Gasteiger partial charge in [0.05, 0.1) is 0 Å². The van der Waals surface area contributed by atoms with Gasteiger partial charge in [-0.1, -0.05) is 52.7 Å². The van der Waals surface area contributed by atoms with Crippen molar-refractivity contribution < 1.29 is 0 Å². The Kier molecular flexibility index (Phi) is 5.91. The molecule has 0 bridgehead atoms. The highest BCUT2D eigenvalue weighted by molar-refractivity contribution is 5.38. The van der Waals surface area contributed by atoms with Crippen molar-refractivity contribution in [2.75, 3.05) is 0 Å². The van der Waals surface area contributed by atoms with Crippen molar-refractivity contribution in [2.45, 2.75) is 67.2 Å². The lowest BCUT2D eigenvalue weighted by molar-refractivity contribution is 0.359. The summed E-state index contributed by atoms with van der Waals surface area (Å²) in [5.74, 6) is 1.62. The molecule has 0 nitrogen and oxygen atoms in total.